The molecule has 0 unspecified atom stereocenters. The second kappa shape index (κ2) is 4.77. The number of carbonyl (C=O) groups excluding carboxylic acids is 1. The Kier molecular flexibility index (Phi) is 4.76. The number of para-hydroxylation sites is 1. The SMILES string of the molecule is O=C(S)c1ccccc1O.[Hg]. The summed E-state index contributed by atoms with van der Waals surface area (Å²) in [5.41, 5.74) is 0.242. The summed E-state index contributed by atoms with van der Waals surface area (Å²) >= 11 is 3.56. The zero-order chi connectivity index (χ0) is 7.56. The minimum absolute atomic E-state index is 0. The average Bonchev–Trinajstić information content (AvgIpc) is 1.88. The Morgan fingerprint density at radius 3 is 2.27 bits per heavy atom. The second-order valence-corrected chi connectivity index (χ2v) is 2.23. The fourth-order valence-corrected chi connectivity index (χ4v) is 0.844. The van der Waals surface area contributed by atoms with Crippen molar-refractivity contribution in [2.24, 2.45) is 0 Å². The molecule has 0 heterocycles. The molecule has 0 saturated heterocycles. The van der Waals surface area contributed by atoms with E-state index in [2.05, 4.69) is 12.6 Å². The van der Waals surface area contributed by atoms with Gasteiger partial charge in [0.15, 0.2) is 0 Å². The summed E-state index contributed by atoms with van der Waals surface area (Å²) in [6.45, 7) is 0. The standard InChI is InChI=1S/C7H6O2S.Hg/c8-6-4-2-1-3-5(6)7(9)10;/h1-4,8H,(H,9,10);. The third-order valence-corrected chi connectivity index (χ3v) is 1.38. The molecule has 0 aliphatic carbocycles. The van der Waals surface area contributed by atoms with Gasteiger partial charge in [0.05, 0.1) is 5.56 Å². The first-order valence-corrected chi connectivity index (χ1v) is 3.18. The predicted molar refractivity (Wildman–Crippen MR) is 41.4 cm³/mol. The van der Waals surface area contributed by atoms with Gasteiger partial charge in [0.25, 0.3) is 0 Å². The third kappa shape index (κ3) is 2.83. The van der Waals surface area contributed by atoms with Crippen LogP contribution in [0.5, 0.6) is 5.75 Å². The maximum atomic E-state index is 10.6. The fourth-order valence-electron chi connectivity index (χ4n) is 0.654. The van der Waals surface area contributed by atoms with E-state index in [0.717, 1.165) is 0 Å². The molecule has 1 N–H and O–H groups in total. The minimum Gasteiger partial charge on any atom is -0.507 e. The summed E-state index contributed by atoms with van der Waals surface area (Å²) in [6, 6.07) is 6.28. The quantitative estimate of drug-likeness (QED) is 0.592. The van der Waals surface area contributed by atoms with Crippen molar-refractivity contribution in [3.63, 3.8) is 0 Å². The van der Waals surface area contributed by atoms with Crippen molar-refractivity contribution in [2.75, 3.05) is 0 Å². The molecule has 1 aromatic rings. The van der Waals surface area contributed by atoms with Crippen molar-refractivity contribution in [3.05, 3.63) is 29.8 Å². The molecule has 4 heteroatoms. The molecule has 0 fully saturated rings. The molecule has 0 atom stereocenters. The van der Waals surface area contributed by atoms with Crippen LogP contribution in [-0.2, 0) is 27.7 Å². The van der Waals surface area contributed by atoms with Gasteiger partial charge >= 0.3 is 0 Å². The molecule has 1 rings (SSSR count). The van der Waals surface area contributed by atoms with E-state index in [1.165, 1.54) is 12.1 Å². The van der Waals surface area contributed by atoms with Crippen molar-refractivity contribution in [1.29, 1.82) is 0 Å². The maximum absolute atomic E-state index is 10.6. The number of phenolic OH excluding ortho intramolecular Hbond substituents is 1. The van der Waals surface area contributed by atoms with Gasteiger partial charge in [-0.2, -0.15) is 0 Å². The van der Waals surface area contributed by atoms with Crippen molar-refractivity contribution >= 4 is 17.7 Å². The third-order valence-electron chi connectivity index (χ3n) is 1.13. The molecule has 0 saturated carbocycles. The Hall–Kier alpha value is -0.0249. The predicted octanol–water partition coefficient (Wildman–Crippen LogP) is 1.46. The number of hydrogen-bond acceptors (Lipinski definition) is 2. The Labute approximate surface area is 90.5 Å². The molecular weight excluding hydrogens is 349 g/mol. The molecule has 0 aliphatic rings. The van der Waals surface area contributed by atoms with E-state index in [0.29, 0.717) is 0 Å². The fraction of sp³-hybridized carbons (Fsp3) is 0. The smallest absolute Gasteiger partial charge is 0.220 e. The van der Waals surface area contributed by atoms with Crippen LogP contribution >= 0.6 is 12.6 Å². The number of benzene rings is 1. The normalized spacial score (nSPS) is 8.45. The van der Waals surface area contributed by atoms with E-state index in [1.807, 2.05) is 0 Å². The zero-order valence-corrected chi connectivity index (χ0v) is 12.2. The summed E-state index contributed by atoms with van der Waals surface area (Å²) < 4.78 is 0. The molecule has 0 aromatic heterocycles. The van der Waals surface area contributed by atoms with Crippen LogP contribution in [0.1, 0.15) is 10.4 Å². The number of carbonyl (C=O) groups is 1. The van der Waals surface area contributed by atoms with E-state index in [4.69, 9.17) is 5.11 Å². The van der Waals surface area contributed by atoms with E-state index in [9.17, 15) is 4.79 Å². The first kappa shape index (κ1) is 11.0. The summed E-state index contributed by atoms with van der Waals surface area (Å²) in [7, 11) is 0. The van der Waals surface area contributed by atoms with Gasteiger partial charge in [-0.25, -0.2) is 0 Å². The van der Waals surface area contributed by atoms with Gasteiger partial charge in [0.1, 0.15) is 5.75 Å². The average molecular weight is 355 g/mol. The van der Waals surface area contributed by atoms with Crippen molar-refractivity contribution in [2.45, 2.75) is 0 Å². The first-order valence-electron chi connectivity index (χ1n) is 2.73. The zero-order valence-electron chi connectivity index (χ0n) is 5.82. The first-order chi connectivity index (χ1) is 4.72. The molecular formula is C7H6HgO2S. The van der Waals surface area contributed by atoms with Gasteiger partial charge < -0.3 is 5.11 Å². The van der Waals surface area contributed by atoms with Gasteiger partial charge in [-0.3, -0.25) is 4.79 Å². The van der Waals surface area contributed by atoms with Gasteiger partial charge in [0.2, 0.25) is 5.12 Å². The van der Waals surface area contributed by atoms with Crippen LogP contribution in [-0.4, -0.2) is 10.2 Å². The maximum Gasteiger partial charge on any atom is 0.220 e. The molecule has 0 bridgehead atoms. The Balaban J connectivity index is 0.000001000. The monoisotopic (exact) mass is 356 g/mol. The molecule has 2 nitrogen and oxygen atoms in total. The molecule has 1 aromatic carbocycles. The Morgan fingerprint density at radius 1 is 1.36 bits per heavy atom. The van der Waals surface area contributed by atoms with Crippen LogP contribution < -0.4 is 0 Å². The summed E-state index contributed by atoms with van der Waals surface area (Å²) in [5.74, 6) is -0.0255. The summed E-state index contributed by atoms with van der Waals surface area (Å²) in [4.78, 5) is 10.6. The molecule has 0 amide bonds. The van der Waals surface area contributed by atoms with Crippen molar-refractivity contribution in [1.82, 2.24) is 0 Å². The van der Waals surface area contributed by atoms with Crippen molar-refractivity contribution < 1.29 is 37.6 Å². The van der Waals surface area contributed by atoms with Crippen LogP contribution in [0.3, 0.4) is 0 Å². The topological polar surface area (TPSA) is 37.3 Å². The van der Waals surface area contributed by atoms with Crippen LogP contribution in [0.2, 0.25) is 0 Å². The molecule has 0 spiro atoms. The van der Waals surface area contributed by atoms with Crippen LogP contribution in [0.4, 0.5) is 0 Å². The van der Waals surface area contributed by atoms with Crippen LogP contribution in [0.15, 0.2) is 24.3 Å². The van der Waals surface area contributed by atoms with Gasteiger partial charge in [-0.05, 0) is 12.1 Å². The van der Waals surface area contributed by atoms with Gasteiger partial charge in [-0.1, -0.05) is 12.1 Å². The van der Waals surface area contributed by atoms with Crippen LogP contribution in [0, 0.1) is 0 Å². The summed E-state index contributed by atoms with van der Waals surface area (Å²) in [5, 5.41) is 8.59. The number of thiol groups is 1. The van der Waals surface area contributed by atoms with Gasteiger partial charge in [-0.15, -0.1) is 12.6 Å². The van der Waals surface area contributed by atoms with Crippen molar-refractivity contribution in [3.8, 4) is 5.75 Å². The van der Waals surface area contributed by atoms with Crippen LogP contribution in [0.25, 0.3) is 0 Å². The van der Waals surface area contributed by atoms with E-state index >= 15 is 0 Å². The Bertz CT molecular complexity index is 262. The van der Waals surface area contributed by atoms with E-state index < -0.39 is 5.12 Å². The molecule has 54 valence electrons. The second-order valence-electron chi connectivity index (χ2n) is 1.82. The Morgan fingerprint density at radius 2 is 1.91 bits per heavy atom. The minimum atomic E-state index is -0.418. The molecule has 0 aliphatic heterocycles. The largest absolute Gasteiger partial charge is 0.507 e. The van der Waals surface area contributed by atoms with E-state index in [-0.39, 0.29) is 39.0 Å². The molecule has 0 radical (unpaired) electrons. The molecule has 11 heavy (non-hydrogen) atoms. The number of rotatable bonds is 1. The summed E-state index contributed by atoms with van der Waals surface area (Å²) in [6.07, 6.45) is 0. The number of hydrogen-bond donors (Lipinski definition) is 2. The number of phenols is 1. The number of aromatic hydroxyl groups is 1. The van der Waals surface area contributed by atoms with Gasteiger partial charge in [0, 0.05) is 27.7 Å². The van der Waals surface area contributed by atoms with E-state index in [1.54, 1.807) is 12.1 Å².